The Bertz CT molecular complexity index is 1750. The Morgan fingerprint density at radius 3 is 2.26 bits per heavy atom. The molecule has 0 aromatic heterocycles. The van der Waals surface area contributed by atoms with Gasteiger partial charge in [0.25, 0.3) is 11.7 Å². The number of esters is 1. The van der Waals surface area contributed by atoms with Crippen LogP contribution in [0.2, 0.25) is 0 Å². The average Bonchev–Trinajstić information content (AvgIpc) is 3.28. The maximum Gasteiger partial charge on any atom is 0.329 e. The quantitative estimate of drug-likeness (QED) is 0.199. The van der Waals surface area contributed by atoms with Gasteiger partial charge in [-0.2, -0.15) is 0 Å². The third-order valence-corrected chi connectivity index (χ3v) is 14.9. The average molecular weight is 912 g/mol. The van der Waals surface area contributed by atoms with E-state index in [0.29, 0.717) is 56.4 Å². The molecule has 15 atom stereocenters. The van der Waals surface area contributed by atoms with Crippen molar-refractivity contribution in [2.75, 3.05) is 27.9 Å². The molecule has 0 aromatic carbocycles. The Balaban J connectivity index is 1.70. The molecule has 3 fully saturated rings. The van der Waals surface area contributed by atoms with Gasteiger partial charge in [-0.05, 0) is 113 Å². The molecule has 2 saturated heterocycles. The standard InChI is InChI=1S/C52H81NO12/c1-31-17-13-12-14-18-32(2)44(62-10)29-40-23-21-38(8)52(60,65-40)49(57)50(58)53-24-16-15-19-41(53)51(59)64-45(35(5)27-39-22-20-33(3)43(28-39)61-9)30-42(54)34(4)26-37(7)47(56)48(63-11)46(55)36(6)25-31/h12-14,17-18,26,31,33,35-41,43-45,47-48,56,60H,15-16,19-25,27-30H2,1-11H3/b14-12?,17-13+,32-18?,34-26?/t31-,33+,35-,36+,37?,38-,39+,40+,41+,43-,44+,45+,47-,48+,52-/m1/s1. The van der Waals surface area contributed by atoms with Crippen LogP contribution in [0.1, 0.15) is 132 Å². The van der Waals surface area contributed by atoms with Crippen molar-refractivity contribution in [1.82, 2.24) is 4.90 Å². The molecule has 13 nitrogen and oxygen atoms in total. The second-order valence-corrected chi connectivity index (χ2v) is 20.0. The molecule has 0 radical (unpaired) electrons. The summed E-state index contributed by atoms with van der Waals surface area (Å²) in [5, 5.41) is 23.4. The minimum absolute atomic E-state index is 0.0331. The van der Waals surface area contributed by atoms with Crippen molar-refractivity contribution < 1.29 is 57.9 Å². The second-order valence-electron chi connectivity index (χ2n) is 20.0. The Hall–Kier alpha value is -3.33. The van der Waals surface area contributed by atoms with E-state index in [9.17, 15) is 34.2 Å². The summed E-state index contributed by atoms with van der Waals surface area (Å²) in [4.78, 5) is 71.9. The van der Waals surface area contributed by atoms with Gasteiger partial charge >= 0.3 is 5.97 Å². The number of carbonyl (C=O) groups excluding carboxylic acids is 5. The number of Topliss-reactive ketones (excluding diaryl/α,β-unsaturated/α-hetero) is 3. The number of rotatable bonds is 6. The first kappa shape index (κ1) is 54.3. The number of hydrogen-bond acceptors (Lipinski definition) is 12. The van der Waals surface area contributed by atoms with E-state index in [1.165, 1.54) is 12.0 Å². The third kappa shape index (κ3) is 14.3. The first-order valence-corrected chi connectivity index (χ1v) is 24.2. The largest absolute Gasteiger partial charge is 0.460 e. The van der Waals surface area contributed by atoms with E-state index < -0.39 is 77.8 Å². The van der Waals surface area contributed by atoms with Crippen molar-refractivity contribution in [2.45, 2.75) is 181 Å². The number of aliphatic hydroxyl groups is 2. The van der Waals surface area contributed by atoms with Crippen LogP contribution in [0.3, 0.4) is 0 Å². The molecule has 1 unspecified atom stereocenters. The fraction of sp³-hybridized carbons (Fsp3) is 0.750. The van der Waals surface area contributed by atoms with Crippen molar-refractivity contribution in [3.8, 4) is 0 Å². The van der Waals surface area contributed by atoms with Crippen molar-refractivity contribution >= 4 is 29.2 Å². The van der Waals surface area contributed by atoms with Gasteiger partial charge in [0.05, 0.1) is 24.4 Å². The van der Waals surface area contributed by atoms with E-state index in [2.05, 4.69) is 6.92 Å². The molecule has 366 valence electrons. The van der Waals surface area contributed by atoms with Crippen molar-refractivity contribution in [3.63, 3.8) is 0 Å². The Kier molecular flexibility index (Phi) is 21.0. The Morgan fingerprint density at radius 1 is 0.862 bits per heavy atom. The number of methoxy groups -OCH3 is 3. The van der Waals surface area contributed by atoms with E-state index in [-0.39, 0.29) is 54.8 Å². The summed E-state index contributed by atoms with van der Waals surface area (Å²) in [5.41, 5.74) is 1.23. The molecular formula is C52H81NO12. The molecule has 3 aliphatic heterocycles. The number of ether oxygens (including phenoxy) is 5. The molecule has 65 heavy (non-hydrogen) atoms. The number of aliphatic hydroxyl groups excluding tert-OH is 1. The van der Waals surface area contributed by atoms with Gasteiger partial charge in [-0.25, -0.2) is 4.79 Å². The molecule has 0 aromatic rings. The lowest BCUT2D eigenvalue weighted by atomic mass is 9.76. The minimum atomic E-state index is -2.41. The zero-order valence-corrected chi connectivity index (χ0v) is 41.2. The van der Waals surface area contributed by atoms with Crippen LogP contribution >= 0.6 is 0 Å². The van der Waals surface area contributed by atoms with E-state index in [4.69, 9.17) is 23.7 Å². The van der Waals surface area contributed by atoms with Crippen molar-refractivity contribution in [3.05, 3.63) is 47.6 Å². The zero-order chi connectivity index (χ0) is 48.2. The van der Waals surface area contributed by atoms with Crippen molar-refractivity contribution in [2.24, 2.45) is 41.4 Å². The third-order valence-electron chi connectivity index (χ3n) is 14.9. The van der Waals surface area contributed by atoms with Crippen LogP contribution in [0.15, 0.2) is 47.6 Å². The number of carbonyl (C=O) groups is 5. The molecule has 1 saturated carbocycles. The highest BCUT2D eigenvalue weighted by Crippen LogP contribution is 2.38. The number of allylic oxidation sites excluding steroid dienone is 6. The van der Waals surface area contributed by atoms with Gasteiger partial charge in [0.2, 0.25) is 5.79 Å². The summed E-state index contributed by atoms with van der Waals surface area (Å²) < 4.78 is 29.7. The molecule has 13 heteroatoms. The summed E-state index contributed by atoms with van der Waals surface area (Å²) in [6.45, 7) is 15.1. The highest BCUT2D eigenvalue weighted by Gasteiger charge is 2.53. The Morgan fingerprint density at radius 2 is 1.58 bits per heavy atom. The van der Waals surface area contributed by atoms with Gasteiger partial charge in [0.1, 0.15) is 18.2 Å². The van der Waals surface area contributed by atoms with E-state index in [1.54, 1.807) is 41.1 Å². The highest BCUT2D eigenvalue weighted by atomic mass is 16.6. The maximum atomic E-state index is 14.4. The predicted octanol–water partition coefficient (Wildman–Crippen LogP) is 7.46. The molecular weight excluding hydrogens is 831 g/mol. The minimum Gasteiger partial charge on any atom is -0.460 e. The lowest BCUT2D eigenvalue weighted by molar-refractivity contribution is -0.265. The van der Waals surface area contributed by atoms with Crippen LogP contribution in [-0.2, 0) is 47.7 Å². The van der Waals surface area contributed by atoms with Gasteiger partial charge in [0.15, 0.2) is 11.6 Å². The van der Waals surface area contributed by atoms with Crippen molar-refractivity contribution in [1.29, 1.82) is 0 Å². The summed E-state index contributed by atoms with van der Waals surface area (Å²) in [7, 11) is 4.71. The molecule has 4 rings (SSSR count). The number of fused-ring (bicyclic) bond motifs is 3. The van der Waals surface area contributed by atoms with Crippen LogP contribution in [0.4, 0.5) is 0 Å². The topological polar surface area (TPSA) is 175 Å². The number of piperidine rings is 1. The molecule has 1 aliphatic carbocycles. The fourth-order valence-corrected chi connectivity index (χ4v) is 10.4. The summed E-state index contributed by atoms with van der Waals surface area (Å²) >= 11 is 0. The first-order chi connectivity index (χ1) is 30.7. The summed E-state index contributed by atoms with van der Waals surface area (Å²) in [5.74, 6) is -7.06. The second kappa shape index (κ2) is 25.2. The van der Waals surface area contributed by atoms with Gasteiger partial charge < -0.3 is 38.8 Å². The normalized spacial score (nSPS) is 38.3. The number of nitrogens with zero attached hydrogens (tertiary/aromatic N) is 1. The Labute approximate surface area is 388 Å². The van der Waals surface area contributed by atoms with E-state index in [1.807, 2.05) is 58.1 Å². The van der Waals surface area contributed by atoms with E-state index >= 15 is 0 Å². The number of hydrogen-bond donors (Lipinski definition) is 2. The van der Waals surface area contributed by atoms with Crippen LogP contribution in [0, 0.1) is 41.4 Å². The molecule has 2 bridgehead atoms. The smallest absolute Gasteiger partial charge is 0.329 e. The predicted molar refractivity (Wildman–Crippen MR) is 248 cm³/mol. The van der Waals surface area contributed by atoms with Gasteiger partial charge in [-0.15, -0.1) is 0 Å². The van der Waals surface area contributed by atoms with Crippen LogP contribution < -0.4 is 0 Å². The number of ketones is 3. The lowest BCUT2D eigenvalue weighted by Gasteiger charge is -2.42. The maximum absolute atomic E-state index is 14.4. The molecule has 0 spiro atoms. The van der Waals surface area contributed by atoms with Gasteiger partial charge in [-0.1, -0.05) is 78.0 Å². The number of cyclic esters (lactones) is 1. The molecule has 1 amide bonds. The van der Waals surface area contributed by atoms with Gasteiger partial charge in [0, 0.05) is 58.5 Å². The fourth-order valence-electron chi connectivity index (χ4n) is 10.4. The molecule has 3 heterocycles. The van der Waals surface area contributed by atoms with Crippen LogP contribution in [0.5, 0.6) is 0 Å². The number of amides is 1. The van der Waals surface area contributed by atoms with Crippen LogP contribution in [-0.4, -0.2) is 121 Å². The molecule has 2 N–H and O–H groups in total. The highest BCUT2D eigenvalue weighted by molar-refractivity contribution is 6.39. The summed E-state index contributed by atoms with van der Waals surface area (Å²) in [6, 6.07) is -1.11. The first-order valence-electron chi connectivity index (χ1n) is 24.2. The summed E-state index contributed by atoms with van der Waals surface area (Å²) in [6.07, 6.45) is 13.7. The van der Waals surface area contributed by atoms with Gasteiger partial charge in [-0.3, -0.25) is 19.2 Å². The molecule has 4 aliphatic rings. The SMILES string of the molecule is CO[C@H]1C[C@@H]2CC[C@@H](C)[C@@](O)(O2)C(=O)C(=O)N2CCCC[C@H]2C(=O)O[C@H]([C@H](C)C[C@@H]2CC[C@H](C)[C@H](OC)C2)CC(=O)C(C)=CC(C)[C@@H](O)[C@@H](OC)C(=O)[C@@H](C)C[C@H](C)/C=C/C=CC=C1C. The zero-order valence-electron chi connectivity index (χ0n) is 41.2. The monoisotopic (exact) mass is 912 g/mol. The van der Waals surface area contributed by atoms with Crippen LogP contribution in [0.25, 0.3) is 0 Å². The lowest BCUT2D eigenvalue weighted by Crippen LogP contribution is -2.61. The van der Waals surface area contributed by atoms with E-state index in [0.717, 1.165) is 24.8 Å².